The van der Waals surface area contributed by atoms with Crippen LogP contribution in [0.25, 0.3) is 5.57 Å². The molecule has 8 heteroatoms. The lowest BCUT2D eigenvalue weighted by Gasteiger charge is -2.39. The first-order valence-corrected chi connectivity index (χ1v) is 11.2. The quantitative estimate of drug-likeness (QED) is 0.299. The maximum absolute atomic E-state index is 14.0. The van der Waals surface area contributed by atoms with Crippen molar-refractivity contribution in [3.63, 3.8) is 0 Å². The van der Waals surface area contributed by atoms with Crippen molar-refractivity contribution in [1.29, 1.82) is 0 Å². The van der Waals surface area contributed by atoms with Crippen LogP contribution in [0.3, 0.4) is 0 Å². The van der Waals surface area contributed by atoms with E-state index in [0.717, 1.165) is 16.8 Å². The number of rotatable bonds is 3. The fourth-order valence-electron chi connectivity index (χ4n) is 5.70. The number of fused-ring (bicyclic) bond motifs is 5. The highest BCUT2D eigenvalue weighted by Crippen LogP contribution is 2.51. The Morgan fingerprint density at radius 2 is 1.68 bits per heavy atom. The van der Waals surface area contributed by atoms with Gasteiger partial charge >= 0.3 is 0 Å². The van der Waals surface area contributed by atoms with Crippen LogP contribution in [0.1, 0.15) is 43.6 Å². The Labute approximate surface area is 197 Å². The predicted molar refractivity (Wildman–Crippen MR) is 126 cm³/mol. The van der Waals surface area contributed by atoms with Gasteiger partial charge in [0.1, 0.15) is 6.04 Å². The molecule has 0 radical (unpaired) electrons. The Bertz CT molecular complexity index is 1290. The van der Waals surface area contributed by atoms with E-state index < -0.39 is 40.2 Å². The number of ketones is 1. The van der Waals surface area contributed by atoms with Crippen molar-refractivity contribution in [2.24, 2.45) is 11.8 Å². The molecule has 3 aliphatic rings. The number of likely N-dealkylation sites (tertiary alicyclic amines) is 1. The van der Waals surface area contributed by atoms with Crippen LogP contribution in [-0.2, 0) is 9.59 Å². The molecule has 2 aromatic carbocycles. The second-order valence-corrected chi connectivity index (χ2v) is 10.1. The second-order valence-electron chi connectivity index (χ2n) is 10.1. The Hall–Kier alpha value is -3.81. The molecule has 8 nitrogen and oxygen atoms in total. The van der Waals surface area contributed by atoms with E-state index in [9.17, 15) is 24.5 Å². The normalized spacial score (nSPS) is 25.6. The van der Waals surface area contributed by atoms with Crippen molar-refractivity contribution in [2.75, 3.05) is 4.90 Å². The van der Waals surface area contributed by atoms with E-state index in [0.29, 0.717) is 0 Å². The Morgan fingerprint density at radius 3 is 2.35 bits per heavy atom. The summed E-state index contributed by atoms with van der Waals surface area (Å²) in [6, 6.07) is 11.8. The van der Waals surface area contributed by atoms with Gasteiger partial charge in [-0.2, -0.15) is 0 Å². The molecule has 174 valence electrons. The van der Waals surface area contributed by atoms with E-state index in [1.807, 2.05) is 42.2 Å². The number of nitro groups is 1. The first kappa shape index (κ1) is 22.0. The molecule has 2 amide bonds. The van der Waals surface area contributed by atoms with E-state index in [1.54, 1.807) is 20.8 Å². The number of imide groups is 1. The summed E-state index contributed by atoms with van der Waals surface area (Å²) in [6.45, 7) is 7.37. The third-order valence-corrected chi connectivity index (χ3v) is 7.04. The van der Waals surface area contributed by atoms with Crippen LogP contribution in [0.5, 0.6) is 0 Å². The molecule has 0 aliphatic carbocycles. The third-order valence-electron chi connectivity index (χ3n) is 7.04. The van der Waals surface area contributed by atoms with Gasteiger partial charge in [0.05, 0.1) is 22.8 Å². The van der Waals surface area contributed by atoms with Crippen LogP contribution in [0.2, 0.25) is 0 Å². The monoisotopic (exact) mass is 459 g/mol. The number of hydrogen-bond acceptors (Lipinski definition) is 6. The van der Waals surface area contributed by atoms with Gasteiger partial charge in [-0.15, -0.1) is 0 Å². The summed E-state index contributed by atoms with van der Waals surface area (Å²) in [5.41, 5.74) is 1.92. The van der Waals surface area contributed by atoms with Gasteiger partial charge in [0, 0.05) is 34.5 Å². The Morgan fingerprint density at radius 1 is 1.00 bits per heavy atom. The Balaban J connectivity index is 1.70. The number of anilines is 1. The maximum Gasteiger partial charge on any atom is 0.270 e. The molecule has 4 atom stereocenters. The number of carbonyl (C=O) groups excluding carboxylic acids is 3. The molecular formula is C26H25N3O5. The predicted octanol–water partition coefficient (Wildman–Crippen LogP) is 3.85. The van der Waals surface area contributed by atoms with Crippen molar-refractivity contribution >= 4 is 34.5 Å². The van der Waals surface area contributed by atoms with Gasteiger partial charge in [-0.05, 0) is 39.3 Å². The molecule has 2 fully saturated rings. The van der Waals surface area contributed by atoms with Gasteiger partial charge in [0.2, 0.25) is 11.8 Å². The zero-order valence-corrected chi connectivity index (χ0v) is 19.4. The van der Waals surface area contributed by atoms with E-state index in [4.69, 9.17) is 0 Å². The van der Waals surface area contributed by atoms with Crippen molar-refractivity contribution in [1.82, 2.24) is 4.90 Å². The number of hydrogen-bond donors (Lipinski definition) is 0. The largest absolute Gasteiger partial charge is 0.352 e. The third kappa shape index (κ3) is 3.01. The minimum atomic E-state index is -0.952. The summed E-state index contributed by atoms with van der Waals surface area (Å²) in [6.07, 6.45) is 1.97. The highest BCUT2D eigenvalue weighted by atomic mass is 16.6. The van der Waals surface area contributed by atoms with Crippen LogP contribution in [0.4, 0.5) is 11.4 Å². The van der Waals surface area contributed by atoms with Crippen LogP contribution in [0.15, 0.2) is 54.6 Å². The molecule has 34 heavy (non-hydrogen) atoms. The average molecular weight is 460 g/mol. The van der Waals surface area contributed by atoms with Crippen LogP contribution >= 0.6 is 0 Å². The summed E-state index contributed by atoms with van der Waals surface area (Å²) in [5.74, 6) is -2.64. The molecule has 5 rings (SSSR count). The topological polar surface area (TPSA) is 101 Å². The van der Waals surface area contributed by atoms with Crippen molar-refractivity contribution in [2.45, 2.75) is 45.3 Å². The summed E-state index contributed by atoms with van der Waals surface area (Å²) in [4.78, 5) is 55.2. The first-order valence-electron chi connectivity index (χ1n) is 11.2. The van der Waals surface area contributed by atoms with E-state index in [-0.39, 0.29) is 23.1 Å². The number of nitrogens with zero attached hydrogens (tertiary/aromatic N) is 3. The molecule has 3 aliphatic heterocycles. The Kier molecular flexibility index (Phi) is 4.76. The second kappa shape index (κ2) is 7.35. The first-order chi connectivity index (χ1) is 16.0. The number of allylic oxidation sites excluding steroid dienone is 1. The molecular weight excluding hydrogens is 434 g/mol. The summed E-state index contributed by atoms with van der Waals surface area (Å²) >= 11 is 0. The standard InChI is InChI=1S/C26H25N3O5/c1-14-12-19-20-21(25(32)28(24(20)31)26(2,3)4)22(27(19)18-11-6-5-10-17(14)18)23(30)15-8-7-9-16(13-15)29(33)34/h5-13,19-22H,1-4H3/t19-,20+,21+,22+/m1/s1. The van der Waals surface area contributed by atoms with E-state index >= 15 is 0 Å². The number of Topliss-reactive ketones (excluding diaryl/α,β-unsaturated/α-hetero) is 1. The number of para-hydroxylation sites is 1. The highest BCUT2D eigenvalue weighted by Gasteiger charge is 2.65. The average Bonchev–Trinajstić information content (AvgIpc) is 3.26. The number of nitro benzene ring substituents is 1. The zero-order chi connectivity index (χ0) is 24.5. The smallest absolute Gasteiger partial charge is 0.270 e. The molecule has 0 bridgehead atoms. The molecule has 0 unspecified atom stereocenters. The van der Waals surface area contributed by atoms with Crippen molar-refractivity contribution in [3.05, 3.63) is 75.8 Å². The zero-order valence-electron chi connectivity index (χ0n) is 19.4. The number of non-ortho nitro benzene ring substituents is 1. The highest BCUT2D eigenvalue weighted by molar-refractivity contribution is 6.14. The molecule has 2 saturated heterocycles. The van der Waals surface area contributed by atoms with Crippen molar-refractivity contribution < 1.29 is 19.3 Å². The minimum Gasteiger partial charge on any atom is -0.352 e. The van der Waals surface area contributed by atoms with Gasteiger partial charge in [-0.25, -0.2) is 0 Å². The van der Waals surface area contributed by atoms with Gasteiger partial charge in [-0.1, -0.05) is 36.4 Å². The van der Waals surface area contributed by atoms with Crippen LogP contribution in [0, 0.1) is 22.0 Å². The lowest BCUT2D eigenvalue weighted by Crippen LogP contribution is -2.52. The molecule has 0 saturated carbocycles. The molecule has 2 aromatic rings. The molecule has 0 spiro atoms. The molecule has 0 aromatic heterocycles. The van der Waals surface area contributed by atoms with Gasteiger partial charge in [-0.3, -0.25) is 29.4 Å². The lowest BCUT2D eigenvalue weighted by molar-refractivity contribution is -0.384. The number of amides is 2. The van der Waals surface area contributed by atoms with Gasteiger partial charge in [0.15, 0.2) is 5.78 Å². The summed E-state index contributed by atoms with van der Waals surface area (Å²) in [7, 11) is 0. The van der Waals surface area contributed by atoms with Crippen LogP contribution < -0.4 is 4.90 Å². The fraction of sp³-hybridized carbons (Fsp3) is 0.346. The SMILES string of the molecule is CC1=C[C@@H]2[C@@H]3C(=O)N(C(C)(C)C)C(=O)[C@@H]3[C@@H](C(=O)c3cccc([N+](=O)[O-])c3)N2c2ccccc21. The molecule has 3 heterocycles. The summed E-state index contributed by atoms with van der Waals surface area (Å²) in [5, 5.41) is 11.3. The number of carbonyl (C=O) groups is 3. The van der Waals surface area contributed by atoms with E-state index in [2.05, 4.69) is 0 Å². The van der Waals surface area contributed by atoms with E-state index in [1.165, 1.54) is 29.2 Å². The van der Waals surface area contributed by atoms with Crippen molar-refractivity contribution in [3.8, 4) is 0 Å². The van der Waals surface area contributed by atoms with Gasteiger partial charge in [0.25, 0.3) is 5.69 Å². The summed E-state index contributed by atoms with van der Waals surface area (Å²) < 4.78 is 0. The van der Waals surface area contributed by atoms with Gasteiger partial charge < -0.3 is 4.90 Å². The maximum atomic E-state index is 14.0. The van der Waals surface area contributed by atoms with Crippen LogP contribution in [-0.4, -0.2) is 45.0 Å². The number of benzene rings is 2. The molecule has 0 N–H and O–H groups in total. The lowest BCUT2D eigenvalue weighted by atomic mass is 9.85. The minimum absolute atomic E-state index is 0.150. The fourth-order valence-corrected chi connectivity index (χ4v) is 5.70.